The molecule has 0 radical (unpaired) electrons. The van der Waals surface area contributed by atoms with Crippen LogP contribution in [0, 0.1) is 0 Å². The van der Waals surface area contributed by atoms with Gasteiger partial charge in [0.15, 0.2) is 0 Å². The lowest BCUT2D eigenvalue weighted by Gasteiger charge is -2.22. The molecule has 0 aromatic carbocycles. The minimum Gasteiger partial charge on any atom is -0.323 e. The zero-order valence-corrected chi connectivity index (χ0v) is 8.57. The third kappa shape index (κ3) is 2.76. The van der Waals surface area contributed by atoms with Crippen molar-refractivity contribution in [3.05, 3.63) is 24.5 Å². The maximum Gasteiger partial charge on any atom is 0.241 e. The minimum atomic E-state index is -0.0426. The van der Waals surface area contributed by atoms with E-state index < -0.39 is 0 Å². The molecule has 4 heteroatoms. The van der Waals surface area contributed by atoms with E-state index in [4.69, 9.17) is 0 Å². The van der Waals surface area contributed by atoms with E-state index in [0.717, 1.165) is 31.5 Å². The Morgan fingerprint density at radius 1 is 1.53 bits per heavy atom. The number of piperidine rings is 1. The zero-order chi connectivity index (χ0) is 10.5. The van der Waals surface area contributed by atoms with Gasteiger partial charge in [-0.1, -0.05) is 6.42 Å². The number of nitrogens with one attached hydrogen (secondary N) is 2. The predicted octanol–water partition coefficient (Wildman–Crippen LogP) is 1.16. The molecule has 0 bridgehead atoms. The molecule has 2 N–H and O–H groups in total. The fraction of sp³-hybridized carbons (Fsp3) is 0.455. The van der Waals surface area contributed by atoms with Crippen LogP contribution in [0.5, 0.6) is 0 Å². The zero-order valence-electron chi connectivity index (χ0n) is 8.57. The van der Waals surface area contributed by atoms with Crippen LogP contribution in [-0.4, -0.2) is 23.5 Å². The van der Waals surface area contributed by atoms with Crippen molar-refractivity contribution in [1.29, 1.82) is 0 Å². The van der Waals surface area contributed by atoms with Crippen molar-refractivity contribution >= 4 is 11.6 Å². The number of hydrogen-bond acceptors (Lipinski definition) is 3. The summed E-state index contributed by atoms with van der Waals surface area (Å²) in [6.07, 6.45) is 6.55. The first kappa shape index (κ1) is 10.1. The monoisotopic (exact) mass is 205 g/mol. The number of pyridine rings is 1. The van der Waals surface area contributed by atoms with E-state index in [1.807, 2.05) is 12.1 Å². The molecule has 80 valence electrons. The van der Waals surface area contributed by atoms with Crippen LogP contribution in [0.2, 0.25) is 0 Å². The average molecular weight is 205 g/mol. The van der Waals surface area contributed by atoms with Crippen molar-refractivity contribution in [2.45, 2.75) is 25.3 Å². The van der Waals surface area contributed by atoms with Gasteiger partial charge in [-0.15, -0.1) is 0 Å². The Bertz CT molecular complexity index is 320. The second kappa shape index (κ2) is 4.89. The van der Waals surface area contributed by atoms with Crippen molar-refractivity contribution in [3.63, 3.8) is 0 Å². The Morgan fingerprint density at radius 2 is 2.47 bits per heavy atom. The van der Waals surface area contributed by atoms with Crippen molar-refractivity contribution in [3.8, 4) is 0 Å². The van der Waals surface area contributed by atoms with Gasteiger partial charge in [-0.3, -0.25) is 9.78 Å². The first-order chi connectivity index (χ1) is 7.36. The first-order valence-electron chi connectivity index (χ1n) is 5.30. The smallest absolute Gasteiger partial charge is 0.241 e. The molecule has 4 nitrogen and oxygen atoms in total. The molecular formula is C11H15N3O. The molecule has 1 aromatic rings. The summed E-state index contributed by atoms with van der Waals surface area (Å²) >= 11 is 0. The van der Waals surface area contributed by atoms with Gasteiger partial charge in [-0.2, -0.15) is 0 Å². The highest BCUT2D eigenvalue weighted by atomic mass is 16.2. The molecular weight excluding hydrogens is 190 g/mol. The number of anilines is 1. The molecule has 1 atom stereocenters. The van der Waals surface area contributed by atoms with Crippen LogP contribution < -0.4 is 10.6 Å². The van der Waals surface area contributed by atoms with Crippen molar-refractivity contribution < 1.29 is 4.79 Å². The maximum atomic E-state index is 11.8. The molecule has 0 saturated carbocycles. The van der Waals surface area contributed by atoms with Gasteiger partial charge in [0, 0.05) is 6.20 Å². The number of rotatable bonds is 2. The largest absolute Gasteiger partial charge is 0.323 e. The van der Waals surface area contributed by atoms with Crippen LogP contribution in [0.1, 0.15) is 19.3 Å². The quantitative estimate of drug-likeness (QED) is 0.761. The Hall–Kier alpha value is -1.42. The summed E-state index contributed by atoms with van der Waals surface area (Å²) in [5.41, 5.74) is 0.759. The average Bonchev–Trinajstić information content (AvgIpc) is 2.31. The van der Waals surface area contributed by atoms with E-state index in [-0.39, 0.29) is 11.9 Å². The molecule has 1 amide bonds. The van der Waals surface area contributed by atoms with E-state index in [1.165, 1.54) is 0 Å². The van der Waals surface area contributed by atoms with Crippen molar-refractivity contribution in [2.75, 3.05) is 11.9 Å². The standard InChI is InChI=1S/C11H15N3O/c15-11(10-5-1-2-7-13-10)14-9-4-3-6-12-8-9/h3-4,6,8,10,13H,1-2,5,7H2,(H,14,15)/t10-/m0/s1. The molecule has 0 spiro atoms. The van der Waals surface area contributed by atoms with Crippen LogP contribution in [0.25, 0.3) is 0 Å². The Balaban J connectivity index is 1.91. The Morgan fingerprint density at radius 3 is 3.13 bits per heavy atom. The minimum absolute atomic E-state index is 0.0426. The Kier molecular flexibility index (Phi) is 3.29. The molecule has 2 rings (SSSR count). The van der Waals surface area contributed by atoms with Crippen LogP contribution in [0.4, 0.5) is 5.69 Å². The summed E-state index contributed by atoms with van der Waals surface area (Å²) in [5, 5.41) is 6.05. The number of amides is 1. The molecule has 1 fully saturated rings. The third-order valence-corrected chi connectivity index (χ3v) is 2.56. The van der Waals surface area contributed by atoms with Crippen LogP contribution in [0.3, 0.4) is 0 Å². The molecule has 1 aliphatic heterocycles. The lowest BCUT2D eigenvalue weighted by Crippen LogP contribution is -2.43. The highest BCUT2D eigenvalue weighted by molar-refractivity contribution is 5.94. The molecule has 0 aliphatic carbocycles. The predicted molar refractivity (Wildman–Crippen MR) is 58.5 cm³/mol. The summed E-state index contributed by atoms with van der Waals surface area (Å²) in [5.74, 6) is 0.0442. The summed E-state index contributed by atoms with van der Waals surface area (Å²) in [4.78, 5) is 15.7. The van der Waals surface area contributed by atoms with Gasteiger partial charge in [0.1, 0.15) is 0 Å². The van der Waals surface area contributed by atoms with E-state index in [2.05, 4.69) is 15.6 Å². The van der Waals surface area contributed by atoms with E-state index in [1.54, 1.807) is 12.4 Å². The van der Waals surface area contributed by atoms with Gasteiger partial charge in [-0.05, 0) is 31.5 Å². The number of nitrogens with zero attached hydrogens (tertiary/aromatic N) is 1. The highest BCUT2D eigenvalue weighted by Gasteiger charge is 2.20. The molecule has 1 aromatic heterocycles. The van der Waals surface area contributed by atoms with Gasteiger partial charge in [-0.25, -0.2) is 0 Å². The van der Waals surface area contributed by atoms with E-state index in [9.17, 15) is 4.79 Å². The van der Waals surface area contributed by atoms with Gasteiger partial charge in [0.2, 0.25) is 5.91 Å². The lowest BCUT2D eigenvalue weighted by atomic mass is 10.0. The number of carbonyl (C=O) groups is 1. The summed E-state index contributed by atoms with van der Waals surface area (Å²) in [6, 6.07) is 3.61. The maximum absolute atomic E-state index is 11.8. The number of carbonyl (C=O) groups excluding carboxylic acids is 1. The lowest BCUT2D eigenvalue weighted by molar-refractivity contribution is -0.118. The molecule has 1 aliphatic rings. The molecule has 2 heterocycles. The van der Waals surface area contributed by atoms with Crippen molar-refractivity contribution in [1.82, 2.24) is 10.3 Å². The molecule has 15 heavy (non-hydrogen) atoms. The van der Waals surface area contributed by atoms with Gasteiger partial charge in [0.25, 0.3) is 0 Å². The fourth-order valence-electron chi connectivity index (χ4n) is 1.74. The summed E-state index contributed by atoms with van der Waals surface area (Å²) < 4.78 is 0. The molecule has 1 saturated heterocycles. The van der Waals surface area contributed by atoms with E-state index >= 15 is 0 Å². The Labute approximate surface area is 89.1 Å². The second-order valence-electron chi connectivity index (χ2n) is 3.73. The number of aromatic nitrogens is 1. The van der Waals surface area contributed by atoms with Gasteiger partial charge >= 0.3 is 0 Å². The topological polar surface area (TPSA) is 54.0 Å². The van der Waals surface area contributed by atoms with Crippen LogP contribution in [0.15, 0.2) is 24.5 Å². The van der Waals surface area contributed by atoms with Gasteiger partial charge in [0.05, 0.1) is 17.9 Å². The summed E-state index contributed by atoms with van der Waals surface area (Å²) in [6.45, 7) is 0.936. The normalized spacial score (nSPS) is 20.9. The second-order valence-corrected chi connectivity index (χ2v) is 3.73. The number of hydrogen-bond donors (Lipinski definition) is 2. The van der Waals surface area contributed by atoms with Gasteiger partial charge < -0.3 is 10.6 Å². The van der Waals surface area contributed by atoms with E-state index in [0.29, 0.717) is 0 Å². The fourth-order valence-corrected chi connectivity index (χ4v) is 1.74. The first-order valence-corrected chi connectivity index (χ1v) is 5.30. The highest BCUT2D eigenvalue weighted by Crippen LogP contribution is 2.10. The summed E-state index contributed by atoms with van der Waals surface area (Å²) in [7, 11) is 0. The SMILES string of the molecule is O=C(Nc1cccnc1)[C@@H]1CCCCN1. The van der Waals surface area contributed by atoms with Crippen LogP contribution in [-0.2, 0) is 4.79 Å². The van der Waals surface area contributed by atoms with Crippen molar-refractivity contribution in [2.24, 2.45) is 0 Å². The molecule has 0 unspecified atom stereocenters. The third-order valence-electron chi connectivity index (χ3n) is 2.56. The van der Waals surface area contributed by atoms with Crippen LogP contribution >= 0.6 is 0 Å².